The van der Waals surface area contributed by atoms with Crippen molar-refractivity contribution in [2.75, 3.05) is 0 Å². The van der Waals surface area contributed by atoms with Crippen LogP contribution in [0, 0.1) is 0 Å². The third-order valence-electron chi connectivity index (χ3n) is 3.94. The first-order valence-electron chi connectivity index (χ1n) is 9.03. The van der Waals surface area contributed by atoms with E-state index in [1.165, 1.54) is 12.1 Å². The van der Waals surface area contributed by atoms with Crippen LogP contribution in [0.15, 0.2) is 77.2 Å². The molecule has 9 heteroatoms. The number of nitrogens with one attached hydrogen (secondary N) is 2. The van der Waals surface area contributed by atoms with Gasteiger partial charge in [0, 0.05) is 12.4 Å². The van der Waals surface area contributed by atoms with Crippen LogP contribution in [-0.2, 0) is 0 Å². The van der Waals surface area contributed by atoms with Gasteiger partial charge in [-0.2, -0.15) is 10.2 Å². The number of carbonyl (C=O) groups is 2. The number of rotatable bonds is 6. The van der Waals surface area contributed by atoms with Crippen LogP contribution in [0.25, 0.3) is 0 Å². The van der Waals surface area contributed by atoms with Gasteiger partial charge in [0.1, 0.15) is 11.4 Å². The standard InChI is InChI=1S/C21H19N7O2/c1-14(16-8-3-5-12-22-16)25-27-20(29)18-10-7-11-19(24-18)21(30)28-26-15(2)17-9-4-6-13-23-17/h3-13H,1-2H3,(H,27,29)(H,28,30)/b25-14+,26-15+. The van der Waals surface area contributed by atoms with E-state index in [-0.39, 0.29) is 11.4 Å². The van der Waals surface area contributed by atoms with Crippen LogP contribution in [0.5, 0.6) is 0 Å². The van der Waals surface area contributed by atoms with Crippen molar-refractivity contribution in [1.82, 2.24) is 25.8 Å². The number of carbonyl (C=O) groups excluding carboxylic acids is 2. The first-order chi connectivity index (χ1) is 14.5. The summed E-state index contributed by atoms with van der Waals surface area (Å²) in [5.74, 6) is -1.10. The summed E-state index contributed by atoms with van der Waals surface area (Å²) in [7, 11) is 0. The van der Waals surface area contributed by atoms with Crippen LogP contribution < -0.4 is 10.9 Å². The van der Waals surface area contributed by atoms with E-state index in [1.807, 2.05) is 12.1 Å². The fourth-order valence-electron chi connectivity index (χ4n) is 2.34. The summed E-state index contributed by atoms with van der Waals surface area (Å²) in [5, 5.41) is 8.05. The summed E-state index contributed by atoms with van der Waals surface area (Å²) in [4.78, 5) is 37.1. The molecule has 3 aromatic rings. The molecular weight excluding hydrogens is 382 g/mol. The Morgan fingerprint density at radius 3 is 1.50 bits per heavy atom. The second-order valence-corrected chi connectivity index (χ2v) is 6.11. The maximum Gasteiger partial charge on any atom is 0.289 e. The summed E-state index contributed by atoms with van der Waals surface area (Å²) in [6.07, 6.45) is 3.27. The van der Waals surface area contributed by atoms with Gasteiger partial charge >= 0.3 is 0 Å². The molecule has 0 unspecified atom stereocenters. The van der Waals surface area contributed by atoms with Crippen LogP contribution in [0.4, 0.5) is 0 Å². The van der Waals surface area contributed by atoms with Gasteiger partial charge < -0.3 is 0 Å². The number of pyridine rings is 3. The molecule has 0 bridgehead atoms. The predicted octanol–water partition coefficient (Wildman–Crippen LogP) is 2.18. The Bertz CT molecular complexity index is 1010. The zero-order valence-corrected chi connectivity index (χ0v) is 16.4. The van der Waals surface area contributed by atoms with Gasteiger partial charge in [0.15, 0.2) is 0 Å². The molecule has 150 valence electrons. The average Bonchev–Trinajstić information content (AvgIpc) is 2.81. The minimum atomic E-state index is -0.548. The van der Waals surface area contributed by atoms with Gasteiger partial charge in [-0.05, 0) is 50.2 Å². The van der Waals surface area contributed by atoms with Crippen molar-refractivity contribution in [3.63, 3.8) is 0 Å². The van der Waals surface area contributed by atoms with E-state index >= 15 is 0 Å². The van der Waals surface area contributed by atoms with E-state index in [4.69, 9.17) is 0 Å². The lowest BCUT2D eigenvalue weighted by atomic mass is 10.2. The molecule has 0 aliphatic heterocycles. The quantitative estimate of drug-likeness (QED) is 0.484. The number of hydrazone groups is 2. The van der Waals surface area contributed by atoms with E-state index in [0.717, 1.165) is 0 Å². The molecule has 0 fully saturated rings. The molecule has 0 aromatic carbocycles. The highest BCUT2D eigenvalue weighted by atomic mass is 16.2. The second-order valence-electron chi connectivity index (χ2n) is 6.11. The van der Waals surface area contributed by atoms with Crippen molar-refractivity contribution < 1.29 is 9.59 Å². The minimum absolute atomic E-state index is 0.0469. The first-order valence-corrected chi connectivity index (χ1v) is 9.03. The van der Waals surface area contributed by atoms with Gasteiger partial charge in [0.2, 0.25) is 0 Å². The van der Waals surface area contributed by atoms with E-state index in [9.17, 15) is 9.59 Å². The second kappa shape index (κ2) is 9.78. The summed E-state index contributed by atoms with van der Waals surface area (Å²) < 4.78 is 0. The summed E-state index contributed by atoms with van der Waals surface area (Å²) in [5.41, 5.74) is 7.28. The van der Waals surface area contributed by atoms with Crippen molar-refractivity contribution in [3.8, 4) is 0 Å². The third-order valence-corrected chi connectivity index (χ3v) is 3.94. The number of nitrogens with zero attached hydrogens (tertiary/aromatic N) is 5. The molecule has 0 aliphatic rings. The topological polar surface area (TPSA) is 122 Å². The Balaban J connectivity index is 1.66. The highest BCUT2D eigenvalue weighted by molar-refractivity contribution is 6.01. The van der Waals surface area contributed by atoms with Gasteiger partial charge in [0.25, 0.3) is 11.8 Å². The molecule has 30 heavy (non-hydrogen) atoms. The van der Waals surface area contributed by atoms with Gasteiger partial charge in [0.05, 0.1) is 22.8 Å². The molecule has 0 saturated carbocycles. The summed E-state index contributed by atoms with van der Waals surface area (Å²) >= 11 is 0. The maximum absolute atomic E-state index is 12.3. The van der Waals surface area contributed by atoms with Crippen molar-refractivity contribution in [2.45, 2.75) is 13.8 Å². The molecule has 2 N–H and O–H groups in total. The molecule has 3 heterocycles. The first kappa shape index (κ1) is 20.5. The molecule has 0 spiro atoms. The molecule has 0 atom stereocenters. The zero-order valence-electron chi connectivity index (χ0n) is 16.4. The van der Waals surface area contributed by atoms with Crippen molar-refractivity contribution in [1.29, 1.82) is 0 Å². The molecule has 2 amide bonds. The zero-order chi connectivity index (χ0) is 21.3. The molecule has 3 aromatic heterocycles. The highest BCUT2D eigenvalue weighted by Crippen LogP contribution is 2.02. The van der Waals surface area contributed by atoms with E-state index in [1.54, 1.807) is 56.6 Å². The monoisotopic (exact) mass is 401 g/mol. The molecule has 9 nitrogen and oxygen atoms in total. The Labute approximate surface area is 173 Å². The lowest BCUT2D eigenvalue weighted by molar-refractivity contribution is 0.0945. The van der Waals surface area contributed by atoms with Crippen molar-refractivity contribution in [3.05, 3.63) is 89.8 Å². The van der Waals surface area contributed by atoms with Crippen molar-refractivity contribution in [2.24, 2.45) is 10.2 Å². The van der Waals surface area contributed by atoms with Crippen LogP contribution in [0.3, 0.4) is 0 Å². The lowest BCUT2D eigenvalue weighted by Crippen LogP contribution is -2.24. The fraction of sp³-hybridized carbons (Fsp3) is 0.0952. The number of amides is 2. The Hall–Kier alpha value is -4.27. The maximum atomic E-state index is 12.3. The summed E-state index contributed by atoms with van der Waals surface area (Å²) in [6, 6.07) is 15.3. The SMILES string of the molecule is C/C(=N\NC(=O)c1cccc(C(=O)N/N=C(\C)c2ccccn2)n1)c1ccccn1. The number of hydrogen-bond acceptors (Lipinski definition) is 7. The van der Waals surface area contributed by atoms with Crippen LogP contribution in [0.1, 0.15) is 46.2 Å². The van der Waals surface area contributed by atoms with E-state index in [0.29, 0.717) is 22.8 Å². The largest absolute Gasteiger partial charge is 0.289 e. The molecule has 0 radical (unpaired) electrons. The number of aromatic nitrogens is 3. The molecule has 3 rings (SSSR count). The van der Waals surface area contributed by atoms with Gasteiger partial charge in [-0.3, -0.25) is 19.6 Å². The predicted molar refractivity (Wildman–Crippen MR) is 112 cm³/mol. The van der Waals surface area contributed by atoms with Crippen molar-refractivity contribution >= 4 is 23.2 Å². The Morgan fingerprint density at radius 2 is 1.10 bits per heavy atom. The minimum Gasteiger partial charge on any atom is -0.266 e. The molecule has 0 saturated heterocycles. The van der Waals surface area contributed by atoms with Gasteiger partial charge in [-0.1, -0.05) is 18.2 Å². The number of hydrogen-bond donors (Lipinski definition) is 2. The Kier molecular flexibility index (Phi) is 6.67. The molecule has 0 aliphatic carbocycles. The van der Waals surface area contributed by atoms with E-state index in [2.05, 4.69) is 36.0 Å². The fourth-order valence-corrected chi connectivity index (χ4v) is 2.34. The smallest absolute Gasteiger partial charge is 0.266 e. The average molecular weight is 401 g/mol. The summed E-state index contributed by atoms with van der Waals surface area (Å²) in [6.45, 7) is 3.45. The van der Waals surface area contributed by atoms with Gasteiger partial charge in [-0.15, -0.1) is 0 Å². The van der Waals surface area contributed by atoms with Crippen LogP contribution >= 0.6 is 0 Å². The Morgan fingerprint density at radius 1 is 0.667 bits per heavy atom. The normalized spacial score (nSPS) is 11.7. The van der Waals surface area contributed by atoms with E-state index < -0.39 is 11.8 Å². The van der Waals surface area contributed by atoms with Crippen LogP contribution in [0.2, 0.25) is 0 Å². The molecular formula is C21H19N7O2. The van der Waals surface area contributed by atoms with Gasteiger partial charge in [-0.25, -0.2) is 15.8 Å². The highest BCUT2D eigenvalue weighted by Gasteiger charge is 2.12. The lowest BCUT2D eigenvalue weighted by Gasteiger charge is -2.05. The van der Waals surface area contributed by atoms with Crippen LogP contribution in [-0.4, -0.2) is 38.2 Å². The third kappa shape index (κ3) is 5.38.